The van der Waals surface area contributed by atoms with Gasteiger partial charge in [0.05, 0.1) is 6.54 Å². The number of rotatable bonds is 7. The van der Waals surface area contributed by atoms with Gasteiger partial charge in [-0.2, -0.15) is 0 Å². The molecule has 2 N–H and O–H groups in total. The Labute approximate surface area is 176 Å². The Kier molecular flexibility index (Phi) is 9.71. The van der Waals surface area contributed by atoms with E-state index < -0.39 is 0 Å². The van der Waals surface area contributed by atoms with E-state index in [1.807, 2.05) is 56.7 Å². The standard InChI is InChI=1S/C17H25ClN6O.HI/c1-5-19-17(21-11-16-23-22-13(3)24(16)4)20-10-12(2)25-15-8-6-14(18)7-9-15;/h6-9,12H,5,10-11H2,1-4H3,(H2,19,20,21);1H. The molecule has 0 aliphatic heterocycles. The lowest BCUT2D eigenvalue weighted by molar-refractivity contribution is 0.224. The summed E-state index contributed by atoms with van der Waals surface area (Å²) < 4.78 is 7.78. The normalized spacial score (nSPS) is 12.3. The first-order valence-electron chi connectivity index (χ1n) is 8.29. The molecule has 0 aliphatic rings. The van der Waals surface area contributed by atoms with Gasteiger partial charge in [0.1, 0.15) is 24.2 Å². The van der Waals surface area contributed by atoms with E-state index in [1.54, 1.807) is 0 Å². The Hall–Kier alpha value is -1.55. The molecule has 0 saturated carbocycles. The second kappa shape index (κ2) is 11.2. The van der Waals surface area contributed by atoms with Gasteiger partial charge in [0, 0.05) is 18.6 Å². The zero-order valence-electron chi connectivity index (χ0n) is 15.5. The Morgan fingerprint density at radius 3 is 2.54 bits per heavy atom. The second-order valence-electron chi connectivity index (χ2n) is 5.68. The molecular formula is C17H26ClIN6O. The van der Waals surface area contributed by atoms with Crippen molar-refractivity contribution in [3.8, 4) is 5.75 Å². The largest absolute Gasteiger partial charge is 0.489 e. The first-order chi connectivity index (χ1) is 12.0. The maximum atomic E-state index is 5.88. The van der Waals surface area contributed by atoms with Crippen molar-refractivity contribution in [3.63, 3.8) is 0 Å². The minimum Gasteiger partial charge on any atom is -0.489 e. The summed E-state index contributed by atoms with van der Waals surface area (Å²) in [4.78, 5) is 4.55. The van der Waals surface area contributed by atoms with Crippen LogP contribution in [0.25, 0.3) is 0 Å². The fraction of sp³-hybridized carbons (Fsp3) is 0.471. The average molecular weight is 493 g/mol. The van der Waals surface area contributed by atoms with E-state index in [0.29, 0.717) is 18.1 Å². The van der Waals surface area contributed by atoms with E-state index in [4.69, 9.17) is 16.3 Å². The van der Waals surface area contributed by atoms with Crippen LogP contribution >= 0.6 is 35.6 Å². The van der Waals surface area contributed by atoms with Gasteiger partial charge >= 0.3 is 0 Å². The molecule has 1 unspecified atom stereocenters. The summed E-state index contributed by atoms with van der Waals surface area (Å²) in [6.45, 7) is 7.79. The Morgan fingerprint density at radius 1 is 1.27 bits per heavy atom. The molecule has 1 aromatic carbocycles. The molecule has 7 nitrogen and oxygen atoms in total. The minimum atomic E-state index is -0.0258. The zero-order chi connectivity index (χ0) is 18.2. The van der Waals surface area contributed by atoms with Crippen molar-refractivity contribution < 1.29 is 4.74 Å². The molecule has 2 rings (SSSR count). The molecule has 144 valence electrons. The number of ether oxygens (including phenoxy) is 1. The van der Waals surface area contributed by atoms with Crippen molar-refractivity contribution in [1.29, 1.82) is 0 Å². The maximum absolute atomic E-state index is 5.88. The van der Waals surface area contributed by atoms with Crippen LogP contribution in [0.3, 0.4) is 0 Å². The molecule has 0 fully saturated rings. The molecule has 0 saturated heterocycles. The van der Waals surface area contributed by atoms with Crippen molar-refractivity contribution in [2.45, 2.75) is 33.4 Å². The lowest BCUT2D eigenvalue weighted by atomic mass is 10.3. The van der Waals surface area contributed by atoms with Crippen molar-refractivity contribution >= 4 is 41.5 Å². The summed E-state index contributed by atoms with van der Waals surface area (Å²) in [5.74, 6) is 3.19. The van der Waals surface area contributed by atoms with Crippen LogP contribution in [-0.2, 0) is 13.6 Å². The fourth-order valence-corrected chi connectivity index (χ4v) is 2.23. The number of benzene rings is 1. The van der Waals surface area contributed by atoms with Gasteiger partial charge in [0.2, 0.25) is 0 Å². The molecule has 2 aromatic rings. The summed E-state index contributed by atoms with van der Waals surface area (Å²) in [6, 6.07) is 7.33. The Bertz CT molecular complexity index is 704. The van der Waals surface area contributed by atoms with Crippen molar-refractivity contribution in [1.82, 2.24) is 25.4 Å². The fourth-order valence-electron chi connectivity index (χ4n) is 2.11. The number of aliphatic imine (C=N–C) groups is 1. The second-order valence-corrected chi connectivity index (χ2v) is 6.12. The van der Waals surface area contributed by atoms with Gasteiger partial charge in [-0.15, -0.1) is 34.2 Å². The SMILES string of the molecule is CCNC(=NCc1nnc(C)n1C)NCC(C)Oc1ccc(Cl)cc1.I. The van der Waals surface area contributed by atoms with Gasteiger partial charge in [0.15, 0.2) is 11.8 Å². The van der Waals surface area contributed by atoms with Crippen LogP contribution < -0.4 is 15.4 Å². The molecular weight excluding hydrogens is 467 g/mol. The highest BCUT2D eigenvalue weighted by Crippen LogP contribution is 2.16. The van der Waals surface area contributed by atoms with Gasteiger partial charge < -0.3 is 19.9 Å². The smallest absolute Gasteiger partial charge is 0.191 e. The predicted molar refractivity (Wildman–Crippen MR) is 116 cm³/mol. The highest BCUT2D eigenvalue weighted by atomic mass is 127. The molecule has 1 atom stereocenters. The van der Waals surface area contributed by atoms with Crippen LogP contribution in [0.1, 0.15) is 25.5 Å². The topological polar surface area (TPSA) is 76.4 Å². The van der Waals surface area contributed by atoms with Gasteiger partial charge in [-0.25, -0.2) is 4.99 Å². The summed E-state index contributed by atoms with van der Waals surface area (Å²) in [5, 5.41) is 15.3. The van der Waals surface area contributed by atoms with Crippen LogP contribution in [0.5, 0.6) is 5.75 Å². The van der Waals surface area contributed by atoms with E-state index in [2.05, 4.69) is 25.8 Å². The lowest BCUT2D eigenvalue weighted by Crippen LogP contribution is -2.41. The summed E-state index contributed by atoms with van der Waals surface area (Å²) in [6.07, 6.45) is -0.0258. The summed E-state index contributed by atoms with van der Waals surface area (Å²) in [5.41, 5.74) is 0. The van der Waals surface area contributed by atoms with Gasteiger partial charge in [0.25, 0.3) is 0 Å². The third kappa shape index (κ3) is 6.99. The van der Waals surface area contributed by atoms with Gasteiger partial charge in [-0.3, -0.25) is 0 Å². The van der Waals surface area contributed by atoms with Crippen LogP contribution in [0.2, 0.25) is 5.02 Å². The van der Waals surface area contributed by atoms with Crippen LogP contribution in [0.15, 0.2) is 29.3 Å². The van der Waals surface area contributed by atoms with Crippen LogP contribution in [0.4, 0.5) is 0 Å². The number of guanidine groups is 1. The van der Waals surface area contributed by atoms with E-state index in [0.717, 1.165) is 29.9 Å². The molecule has 0 amide bonds. The van der Waals surface area contributed by atoms with E-state index >= 15 is 0 Å². The van der Waals surface area contributed by atoms with E-state index in [9.17, 15) is 0 Å². The number of aromatic nitrogens is 3. The van der Waals surface area contributed by atoms with Crippen LogP contribution in [-0.4, -0.2) is 39.9 Å². The number of nitrogens with one attached hydrogen (secondary N) is 2. The highest BCUT2D eigenvalue weighted by Gasteiger charge is 2.07. The Balaban J connectivity index is 0.00000338. The number of nitrogens with zero attached hydrogens (tertiary/aromatic N) is 4. The van der Waals surface area contributed by atoms with E-state index in [1.165, 1.54) is 0 Å². The molecule has 0 aliphatic carbocycles. The van der Waals surface area contributed by atoms with Crippen LogP contribution in [0, 0.1) is 6.92 Å². The van der Waals surface area contributed by atoms with Gasteiger partial charge in [-0.1, -0.05) is 11.6 Å². The lowest BCUT2D eigenvalue weighted by Gasteiger charge is -2.17. The summed E-state index contributed by atoms with van der Waals surface area (Å²) in [7, 11) is 1.93. The molecule has 1 aromatic heterocycles. The highest BCUT2D eigenvalue weighted by molar-refractivity contribution is 14.0. The first kappa shape index (κ1) is 22.5. The molecule has 0 bridgehead atoms. The molecule has 0 radical (unpaired) electrons. The number of hydrogen-bond acceptors (Lipinski definition) is 4. The van der Waals surface area contributed by atoms with E-state index in [-0.39, 0.29) is 30.1 Å². The number of aryl methyl sites for hydroxylation is 1. The third-order valence-corrected chi connectivity index (χ3v) is 3.87. The monoisotopic (exact) mass is 492 g/mol. The Morgan fingerprint density at radius 2 is 1.96 bits per heavy atom. The van der Waals surface area contributed by atoms with Gasteiger partial charge in [-0.05, 0) is 45.0 Å². The summed E-state index contributed by atoms with van der Waals surface area (Å²) >= 11 is 5.88. The zero-order valence-corrected chi connectivity index (χ0v) is 18.6. The predicted octanol–water partition coefficient (Wildman–Crippen LogP) is 2.92. The quantitative estimate of drug-likeness (QED) is 0.353. The molecule has 0 spiro atoms. The van der Waals surface area contributed by atoms with Crippen molar-refractivity contribution in [2.24, 2.45) is 12.0 Å². The molecule has 26 heavy (non-hydrogen) atoms. The number of hydrogen-bond donors (Lipinski definition) is 2. The van der Waals surface area contributed by atoms with Crippen molar-refractivity contribution in [3.05, 3.63) is 40.9 Å². The maximum Gasteiger partial charge on any atom is 0.191 e. The average Bonchev–Trinajstić information content (AvgIpc) is 2.91. The minimum absolute atomic E-state index is 0. The molecule has 1 heterocycles. The molecule has 9 heteroatoms. The number of halogens is 2. The third-order valence-electron chi connectivity index (χ3n) is 3.61. The van der Waals surface area contributed by atoms with Crippen molar-refractivity contribution in [2.75, 3.05) is 13.1 Å². The first-order valence-corrected chi connectivity index (χ1v) is 8.66.